The van der Waals surface area contributed by atoms with Crippen LogP contribution in [0.1, 0.15) is 15.9 Å². The van der Waals surface area contributed by atoms with Gasteiger partial charge < -0.3 is 5.32 Å². The number of carbonyl (C=O) groups excluding carboxylic acids is 1. The molecule has 1 aromatic carbocycles. The second-order valence-electron chi connectivity index (χ2n) is 3.99. The molecule has 0 aliphatic rings. The van der Waals surface area contributed by atoms with E-state index >= 15 is 0 Å². The summed E-state index contributed by atoms with van der Waals surface area (Å²) in [6.45, 7) is 2.54. The fourth-order valence-corrected chi connectivity index (χ4v) is 1.73. The first-order valence-corrected chi connectivity index (χ1v) is 6.35. The molecule has 0 bridgehead atoms. The summed E-state index contributed by atoms with van der Waals surface area (Å²) in [5.74, 6) is 0.541. The van der Waals surface area contributed by atoms with Crippen LogP contribution in [0.25, 0.3) is 5.69 Å². The highest BCUT2D eigenvalue weighted by Crippen LogP contribution is 2.10. The number of nitrogens with one attached hydrogen (secondary N) is 1. The zero-order chi connectivity index (χ0) is 13.0. The molecule has 0 aliphatic heterocycles. The van der Waals surface area contributed by atoms with E-state index in [-0.39, 0.29) is 5.91 Å². The van der Waals surface area contributed by atoms with Gasteiger partial charge in [0, 0.05) is 24.1 Å². The van der Waals surface area contributed by atoms with Crippen LogP contribution in [-0.4, -0.2) is 28.0 Å². The first-order valence-electron chi connectivity index (χ1n) is 5.71. The lowest BCUT2D eigenvalue weighted by Gasteiger charge is -2.06. The Labute approximate surface area is 111 Å². The molecule has 5 heteroatoms. The molecular weight excluding hydrogens is 246 g/mol. The second kappa shape index (κ2) is 5.73. The maximum atomic E-state index is 11.8. The van der Waals surface area contributed by atoms with Gasteiger partial charge in [0.15, 0.2) is 0 Å². The standard InChI is InChI=1S/C13H15N3OS/c1-10-8-15-16(9-10)12-4-2-3-11(7-12)13(17)14-5-6-18/h2-4,7-9,18H,5-6H2,1H3,(H,14,17). The van der Waals surface area contributed by atoms with E-state index in [1.54, 1.807) is 16.9 Å². The van der Waals surface area contributed by atoms with Gasteiger partial charge in [-0.2, -0.15) is 17.7 Å². The van der Waals surface area contributed by atoms with Crippen LogP contribution < -0.4 is 5.32 Å². The van der Waals surface area contributed by atoms with Gasteiger partial charge in [0.25, 0.3) is 5.91 Å². The highest BCUT2D eigenvalue weighted by atomic mass is 32.1. The van der Waals surface area contributed by atoms with E-state index in [1.807, 2.05) is 31.3 Å². The minimum atomic E-state index is -0.0882. The molecule has 0 aliphatic carbocycles. The number of hydrogen-bond acceptors (Lipinski definition) is 3. The average molecular weight is 261 g/mol. The van der Waals surface area contributed by atoms with Crippen LogP contribution in [0.5, 0.6) is 0 Å². The Balaban J connectivity index is 2.22. The van der Waals surface area contributed by atoms with Gasteiger partial charge >= 0.3 is 0 Å². The summed E-state index contributed by atoms with van der Waals surface area (Å²) in [6, 6.07) is 7.37. The van der Waals surface area contributed by atoms with Crippen LogP contribution >= 0.6 is 12.6 Å². The van der Waals surface area contributed by atoms with Gasteiger partial charge in [-0.3, -0.25) is 4.79 Å². The summed E-state index contributed by atoms with van der Waals surface area (Å²) in [5, 5.41) is 7.01. The highest BCUT2D eigenvalue weighted by Gasteiger charge is 2.06. The SMILES string of the molecule is Cc1cnn(-c2cccc(C(=O)NCCS)c2)c1. The van der Waals surface area contributed by atoms with E-state index in [9.17, 15) is 4.79 Å². The third kappa shape index (κ3) is 2.92. The third-order valence-corrected chi connectivity index (χ3v) is 2.71. The molecule has 0 atom stereocenters. The topological polar surface area (TPSA) is 46.9 Å². The van der Waals surface area contributed by atoms with Gasteiger partial charge in [0.1, 0.15) is 0 Å². The van der Waals surface area contributed by atoms with Gasteiger partial charge in [-0.05, 0) is 30.7 Å². The largest absolute Gasteiger partial charge is 0.351 e. The number of nitrogens with zero attached hydrogens (tertiary/aromatic N) is 2. The van der Waals surface area contributed by atoms with Crippen LogP contribution in [0.2, 0.25) is 0 Å². The number of aryl methyl sites for hydroxylation is 1. The van der Waals surface area contributed by atoms with E-state index < -0.39 is 0 Å². The van der Waals surface area contributed by atoms with Crippen molar-refractivity contribution >= 4 is 18.5 Å². The van der Waals surface area contributed by atoms with Crippen molar-refractivity contribution in [3.63, 3.8) is 0 Å². The van der Waals surface area contributed by atoms with Gasteiger partial charge in [0.05, 0.1) is 11.9 Å². The van der Waals surface area contributed by atoms with E-state index in [0.29, 0.717) is 17.9 Å². The molecule has 0 saturated carbocycles. The first-order chi connectivity index (χ1) is 8.70. The summed E-state index contributed by atoms with van der Waals surface area (Å²) in [5.41, 5.74) is 2.59. The quantitative estimate of drug-likeness (QED) is 0.825. The Morgan fingerprint density at radius 3 is 3.00 bits per heavy atom. The highest BCUT2D eigenvalue weighted by molar-refractivity contribution is 7.80. The minimum Gasteiger partial charge on any atom is -0.351 e. The van der Waals surface area contributed by atoms with Crippen molar-refractivity contribution in [3.8, 4) is 5.69 Å². The number of aromatic nitrogens is 2. The molecule has 0 fully saturated rings. The summed E-state index contributed by atoms with van der Waals surface area (Å²) < 4.78 is 1.75. The fourth-order valence-electron chi connectivity index (χ4n) is 1.62. The van der Waals surface area contributed by atoms with E-state index in [0.717, 1.165) is 11.3 Å². The molecule has 1 heterocycles. The Kier molecular flexibility index (Phi) is 4.04. The molecule has 94 valence electrons. The number of hydrogen-bond donors (Lipinski definition) is 2. The molecule has 1 N–H and O–H groups in total. The Morgan fingerprint density at radius 2 is 2.33 bits per heavy atom. The molecule has 2 rings (SSSR count). The lowest BCUT2D eigenvalue weighted by atomic mass is 10.2. The van der Waals surface area contributed by atoms with Crippen molar-refractivity contribution in [2.45, 2.75) is 6.92 Å². The van der Waals surface area contributed by atoms with Gasteiger partial charge in [-0.1, -0.05) is 6.07 Å². The van der Waals surface area contributed by atoms with Gasteiger partial charge in [-0.25, -0.2) is 4.68 Å². The van der Waals surface area contributed by atoms with Crippen LogP contribution in [0.4, 0.5) is 0 Å². The van der Waals surface area contributed by atoms with Gasteiger partial charge in [0.2, 0.25) is 0 Å². The Bertz CT molecular complexity index is 551. The number of rotatable bonds is 4. The molecule has 0 radical (unpaired) electrons. The van der Waals surface area contributed by atoms with Crippen molar-refractivity contribution in [3.05, 3.63) is 47.8 Å². The summed E-state index contributed by atoms with van der Waals surface area (Å²) in [7, 11) is 0. The third-order valence-electron chi connectivity index (χ3n) is 2.48. The fraction of sp³-hybridized carbons (Fsp3) is 0.231. The number of thiol groups is 1. The Morgan fingerprint density at radius 1 is 1.50 bits per heavy atom. The molecule has 0 spiro atoms. The molecule has 2 aromatic rings. The summed E-state index contributed by atoms with van der Waals surface area (Å²) >= 11 is 4.06. The van der Waals surface area contributed by atoms with Crippen molar-refractivity contribution in [1.29, 1.82) is 0 Å². The van der Waals surface area contributed by atoms with Gasteiger partial charge in [-0.15, -0.1) is 0 Å². The maximum Gasteiger partial charge on any atom is 0.251 e. The lowest BCUT2D eigenvalue weighted by molar-refractivity contribution is 0.0956. The van der Waals surface area contributed by atoms with Crippen molar-refractivity contribution in [2.75, 3.05) is 12.3 Å². The van der Waals surface area contributed by atoms with Crippen LogP contribution in [0.3, 0.4) is 0 Å². The predicted octanol–water partition coefficient (Wildman–Crippen LogP) is 1.84. The number of carbonyl (C=O) groups is 1. The number of benzene rings is 1. The molecular formula is C13H15N3OS. The monoisotopic (exact) mass is 261 g/mol. The number of amides is 1. The zero-order valence-corrected chi connectivity index (χ0v) is 11.0. The molecule has 18 heavy (non-hydrogen) atoms. The minimum absolute atomic E-state index is 0.0882. The summed E-state index contributed by atoms with van der Waals surface area (Å²) in [4.78, 5) is 11.8. The smallest absolute Gasteiger partial charge is 0.251 e. The molecule has 1 amide bonds. The molecule has 0 unspecified atom stereocenters. The lowest BCUT2D eigenvalue weighted by Crippen LogP contribution is -2.25. The van der Waals surface area contributed by atoms with Crippen molar-refractivity contribution in [2.24, 2.45) is 0 Å². The van der Waals surface area contributed by atoms with Crippen LogP contribution in [0, 0.1) is 6.92 Å². The molecule has 0 saturated heterocycles. The zero-order valence-electron chi connectivity index (χ0n) is 10.1. The predicted molar refractivity (Wildman–Crippen MR) is 74.5 cm³/mol. The normalized spacial score (nSPS) is 10.3. The van der Waals surface area contributed by atoms with E-state index in [4.69, 9.17) is 0 Å². The van der Waals surface area contributed by atoms with E-state index in [2.05, 4.69) is 23.0 Å². The second-order valence-corrected chi connectivity index (χ2v) is 4.44. The van der Waals surface area contributed by atoms with Crippen LogP contribution in [-0.2, 0) is 0 Å². The Hall–Kier alpha value is -1.75. The molecule has 4 nitrogen and oxygen atoms in total. The van der Waals surface area contributed by atoms with Crippen LogP contribution in [0.15, 0.2) is 36.7 Å². The maximum absolute atomic E-state index is 11.8. The first kappa shape index (κ1) is 12.7. The molecule has 1 aromatic heterocycles. The van der Waals surface area contributed by atoms with Crippen molar-refractivity contribution in [1.82, 2.24) is 15.1 Å². The van der Waals surface area contributed by atoms with E-state index in [1.165, 1.54) is 0 Å². The van der Waals surface area contributed by atoms with Crippen molar-refractivity contribution < 1.29 is 4.79 Å². The average Bonchev–Trinajstić information content (AvgIpc) is 2.83. The summed E-state index contributed by atoms with van der Waals surface area (Å²) in [6.07, 6.45) is 3.71.